The summed E-state index contributed by atoms with van der Waals surface area (Å²) >= 11 is 0. The minimum atomic E-state index is 0.0460. The predicted octanol–water partition coefficient (Wildman–Crippen LogP) is 1.81. The lowest BCUT2D eigenvalue weighted by molar-refractivity contribution is 0.114. The van der Waals surface area contributed by atoms with Gasteiger partial charge < -0.3 is 9.84 Å². The summed E-state index contributed by atoms with van der Waals surface area (Å²) in [5.41, 5.74) is 1.76. The predicted molar refractivity (Wildman–Crippen MR) is 53.2 cm³/mol. The third-order valence-corrected chi connectivity index (χ3v) is 2.51. The van der Waals surface area contributed by atoms with E-state index in [1.165, 1.54) is 6.42 Å². The monoisotopic (exact) mass is 193 g/mol. The van der Waals surface area contributed by atoms with Gasteiger partial charge in [-0.15, -0.1) is 0 Å². The third-order valence-electron chi connectivity index (χ3n) is 2.51. The zero-order chi connectivity index (χ0) is 9.97. The molecule has 1 aromatic rings. The van der Waals surface area contributed by atoms with Crippen LogP contribution in [0.4, 0.5) is 0 Å². The normalized spacial score (nSPS) is 16.4. The molecule has 14 heavy (non-hydrogen) atoms. The first-order valence-electron chi connectivity index (χ1n) is 5.03. The highest BCUT2D eigenvalue weighted by atomic mass is 16.5. The fraction of sp³-hybridized carbons (Fsp3) is 0.545. The van der Waals surface area contributed by atoms with E-state index in [1.54, 1.807) is 0 Å². The lowest BCUT2D eigenvalue weighted by atomic mass is 9.96. The molecule has 0 amide bonds. The average Bonchev–Trinajstić information content (AvgIpc) is 2.10. The Morgan fingerprint density at radius 1 is 1.50 bits per heavy atom. The summed E-state index contributed by atoms with van der Waals surface area (Å²) in [6.07, 6.45) is 3.85. The second-order valence-corrected chi connectivity index (χ2v) is 3.78. The van der Waals surface area contributed by atoms with E-state index in [2.05, 4.69) is 4.98 Å². The van der Waals surface area contributed by atoms with Gasteiger partial charge in [0.2, 0.25) is 5.88 Å². The number of hydrogen-bond acceptors (Lipinski definition) is 3. The zero-order valence-corrected chi connectivity index (χ0v) is 8.36. The smallest absolute Gasteiger partial charge is 0.214 e. The van der Waals surface area contributed by atoms with E-state index >= 15 is 0 Å². The number of nitrogens with zero attached hydrogens (tertiary/aromatic N) is 1. The van der Waals surface area contributed by atoms with Gasteiger partial charge in [-0.25, -0.2) is 4.98 Å². The molecule has 1 aliphatic rings. The first-order chi connectivity index (χ1) is 6.78. The summed E-state index contributed by atoms with van der Waals surface area (Å²) in [5, 5.41) is 9.01. The Balaban J connectivity index is 2.11. The lowest BCUT2D eigenvalue weighted by Gasteiger charge is -2.25. The minimum absolute atomic E-state index is 0.0460. The molecule has 76 valence electrons. The second kappa shape index (κ2) is 3.96. The van der Waals surface area contributed by atoms with Gasteiger partial charge in [0.05, 0.1) is 6.61 Å². The molecule has 1 N–H and O–H groups in total. The Morgan fingerprint density at radius 3 is 2.86 bits per heavy atom. The molecular weight excluding hydrogens is 178 g/mol. The molecule has 1 fully saturated rings. The van der Waals surface area contributed by atoms with Crippen molar-refractivity contribution in [3.8, 4) is 5.88 Å². The fourth-order valence-electron chi connectivity index (χ4n) is 1.52. The van der Waals surface area contributed by atoms with Gasteiger partial charge in [0.25, 0.3) is 0 Å². The van der Waals surface area contributed by atoms with Crippen molar-refractivity contribution < 1.29 is 9.84 Å². The maximum atomic E-state index is 9.01. The van der Waals surface area contributed by atoms with E-state index < -0.39 is 0 Å². The van der Waals surface area contributed by atoms with Crippen molar-refractivity contribution in [2.75, 3.05) is 0 Å². The van der Waals surface area contributed by atoms with Crippen molar-refractivity contribution >= 4 is 0 Å². The van der Waals surface area contributed by atoms with E-state index in [4.69, 9.17) is 9.84 Å². The molecule has 0 bridgehead atoms. The van der Waals surface area contributed by atoms with E-state index in [-0.39, 0.29) is 6.61 Å². The molecule has 0 spiro atoms. The van der Waals surface area contributed by atoms with Crippen molar-refractivity contribution in [2.45, 2.75) is 38.9 Å². The van der Waals surface area contributed by atoms with Crippen molar-refractivity contribution in [1.82, 2.24) is 4.98 Å². The van der Waals surface area contributed by atoms with Gasteiger partial charge in [-0.1, -0.05) is 0 Å². The Labute approximate surface area is 83.7 Å². The number of aliphatic hydroxyl groups is 1. The number of ether oxygens (including phenoxy) is 1. The third kappa shape index (κ3) is 2.04. The molecule has 0 radical (unpaired) electrons. The van der Waals surface area contributed by atoms with Crippen molar-refractivity contribution in [3.05, 3.63) is 23.4 Å². The van der Waals surface area contributed by atoms with Crippen LogP contribution in [-0.4, -0.2) is 16.2 Å². The molecule has 1 aliphatic carbocycles. The molecule has 0 aromatic carbocycles. The molecule has 3 heteroatoms. The van der Waals surface area contributed by atoms with E-state index in [0.29, 0.717) is 12.0 Å². The SMILES string of the molecule is Cc1cc(CO)cc(OC2CCC2)n1. The topological polar surface area (TPSA) is 42.4 Å². The maximum Gasteiger partial charge on any atom is 0.214 e. The summed E-state index contributed by atoms with van der Waals surface area (Å²) in [5.74, 6) is 0.652. The number of rotatable bonds is 3. The fourth-order valence-corrected chi connectivity index (χ4v) is 1.52. The van der Waals surface area contributed by atoms with Crippen LogP contribution in [0.3, 0.4) is 0 Å². The van der Waals surface area contributed by atoms with Gasteiger partial charge in [0.1, 0.15) is 6.10 Å². The Morgan fingerprint density at radius 2 is 2.29 bits per heavy atom. The number of aryl methyl sites for hydroxylation is 1. The maximum absolute atomic E-state index is 9.01. The molecule has 1 saturated carbocycles. The summed E-state index contributed by atoms with van der Waals surface area (Å²) < 4.78 is 5.65. The zero-order valence-electron chi connectivity index (χ0n) is 8.36. The molecule has 0 unspecified atom stereocenters. The van der Waals surface area contributed by atoms with Gasteiger partial charge in [-0.05, 0) is 37.8 Å². The molecule has 0 aliphatic heterocycles. The highest BCUT2D eigenvalue weighted by Gasteiger charge is 2.19. The van der Waals surface area contributed by atoms with Gasteiger partial charge in [0, 0.05) is 11.8 Å². The van der Waals surface area contributed by atoms with E-state index in [9.17, 15) is 0 Å². The Hall–Kier alpha value is -1.09. The second-order valence-electron chi connectivity index (χ2n) is 3.78. The first-order valence-corrected chi connectivity index (χ1v) is 5.03. The standard InChI is InChI=1S/C11H15NO2/c1-8-5-9(7-13)6-11(12-8)14-10-3-2-4-10/h5-6,10,13H,2-4,7H2,1H3. The van der Waals surface area contributed by atoms with Crippen molar-refractivity contribution in [2.24, 2.45) is 0 Å². The van der Waals surface area contributed by atoms with Gasteiger partial charge in [-0.3, -0.25) is 0 Å². The van der Waals surface area contributed by atoms with Crippen molar-refractivity contribution in [3.63, 3.8) is 0 Å². The summed E-state index contributed by atoms with van der Waals surface area (Å²) in [7, 11) is 0. The van der Waals surface area contributed by atoms with Gasteiger partial charge in [-0.2, -0.15) is 0 Å². The van der Waals surface area contributed by atoms with Crippen LogP contribution in [0.15, 0.2) is 12.1 Å². The molecule has 0 saturated heterocycles. The van der Waals surface area contributed by atoms with Crippen LogP contribution in [0.5, 0.6) is 5.88 Å². The minimum Gasteiger partial charge on any atom is -0.474 e. The quantitative estimate of drug-likeness (QED) is 0.796. The van der Waals surface area contributed by atoms with Crippen LogP contribution in [0.25, 0.3) is 0 Å². The van der Waals surface area contributed by atoms with Crippen molar-refractivity contribution in [1.29, 1.82) is 0 Å². The summed E-state index contributed by atoms with van der Waals surface area (Å²) in [4.78, 5) is 4.27. The molecule has 3 nitrogen and oxygen atoms in total. The van der Waals surface area contributed by atoms with Crippen LogP contribution >= 0.6 is 0 Å². The molecule has 0 atom stereocenters. The average molecular weight is 193 g/mol. The first kappa shape index (κ1) is 9.46. The van der Waals surface area contributed by atoms with Crippen LogP contribution < -0.4 is 4.74 Å². The van der Waals surface area contributed by atoms with Crippen LogP contribution in [0, 0.1) is 6.92 Å². The summed E-state index contributed by atoms with van der Waals surface area (Å²) in [6.45, 7) is 1.96. The number of aromatic nitrogens is 1. The van der Waals surface area contributed by atoms with Gasteiger partial charge >= 0.3 is 0 Å². The molecule has 1 heterocycles. The Kier molecular flexibility index (Phi) is 2.68. The van der Waals surface area contributed by atoms with E-state index in [1.807, 2.05) is 19.1 Å². The number of hydrogen-bond donors (Lipinski definition) is 1. The van der Waals surface area contributed by atoms with Crippen LogP contribution in [0.2, 0.25) is 0 Å². The largest absolute Gasteiger partial charge is 0.474 e. The van der Waals surface area contributed by atoms with Crippen LogP contribution in [0.1, 0.15) is 30.5 Å². The highest BCUT2D eigenvalue weighted by molar-refractivity contribution is 5.24. The molecule has 2 rings (SSSR count). The van der Waals surface area contributed by atoms with E-state index in [0.717, 1.165) is 24.1 Å². The molecular formula is C11H15NO2. The Bertz CT molecular complexity index is 321. The summed E-state index contributed by atoms with van der Waals surface area (Å²) in [6, 6.07) is 3.68. The van der Waals surface area contributed by atoms with Gasteiger partial charge in [0.15, 0.2) is 0 Å². The lowest BCUT2D eigenvalue weighted by Crippen LogP contribution is -2.25. The number of pyridine rings is 1. The van der Waals surface area contributed by atoms with Crippen LogP contribution in [-0.2, 0) is 6.61 Å². The highest BCUT2D eigenvalue weighted by Crippen LogP contribution is 2.24. The molecule has 1 aromatic heterocycles. The number of aliphatic hydroxyl groups excluding tert-OH is 1.